The number of ketones is 1. The van der Waals surface area contributed by atoms with Gasteiger partial charge in [0.25, 0.3) is 0 Å². The Morgan fingerprint density at radius 2 is 1.84 bits per heavy atom. The van der Waals surface area contributed by atoms with Crippen LogP contribution in [0.25, 0.3) is 0 Å². The number of benzene rings is 2. The number of hydrogen-bond acceptors (Lipinski definition) is 4. The summed E-state index contributed by atoms with van der Waals surface area (Å²) in [5.74, 6) is -0.0431. The molecule has 0 spiro atoms. The lowest BCUT2D eigenvalue weighted by Crippen LogP contribution is -2.25. The second kappa shape index (κ2) is 8.97. The Labute approximate surface area is 155 Å². The maximum atomic E-state index is 13.0. The fourth-order valence-electron chi connectivity index (χ4n) is 2.33. The number of nitrogens with zero attached hydrogens (tertiary/aromatic N) is 1. The Morgan fingerprint density at radius 1 is 1.12 bits per heavy atom. The van der Waals surface area contributed by atoms with Crippen LogP contribution in [0.15, 0.2) is 53.4 Å². The van der Waals surface area contributed by atoms with Crippen molar-refractivity contribution in [1.29, 1.82) is 0 Å². The largest absolute Gasteiger partial charge is 0.293 e. The van der Waals surface area contributed by atoms with Crippen LogP contribution in [0.5, 0.6) is 0 Å². The van der Waals surface area contributed by atoms with E-state index in [0.29, 0.717) is 17.0 Å². The van der Waals surface area contributed by atoms with E-state index in [-0.39, 0.29) is 16.7 Å². The molecule has 0 saturated heterocycles. The minimum Gasteiger partial charge on any atom is -0.293 e. The van der Waals surface area contributed by atoms with E-state index in [2.05, 4.69) is 0 Å². The Kier molecular flexibility index (Phi) is 6.96. The Bertz CT molecular complexity index is 805. The topological polar surface area (TPSA) is 54.5 Å². The summed E-state index contributed by atoms with van der Waals surface area (Å²) in [7, 11) is -1.41. The maximum Gasteiger partial charge on any atom is 0.186 e. The van der Waals surface area contributed by atoms with Crippen molar-refractivity contribution in [3.05, 3.63) is 59.7 Å². The lowest BCUT2D eigenvalue weighted by atomic mass is 10.1. The standard InChI is InChI=1S/C19H21NO3S2/c1-4-20(17-9-5-7-14(2)11-17)25(23)18-10-6-8-16(12-18)19(22)13-24-15(3)21/h5-12H,4,13H2,1-3H3. The van der Waals surface area contributed by atoms with Crippen molar-refractivity contribution < 1.29 is 13.8 Å². The lowest BCUT2D eigenvalue weighted by Gasteiger charge is -2.22. The summed E-state index contributed by atoms with van der Waals surface area (Å²) in [6.07, 6.45) is 0. The molecule has 0 aliphatic carbocycles. The number of thioether (sulfide) groups is 1. The number of rotatable bonds is 7. The van der Waals surface area contributed by atoms with Gasteiger partial charge in [-0.1, -0.05) is 36.0 Å². The Balaban J connectivity index is 2.25. The molecule has 0 radical (unpaired) electrons. The van der Waals surface area contributed by atoms with Gasteiger partial charge in [-0.15, -0.1) is 0 Å². The zero-order valence-corrected chi connectivity index (χ0v) is 16.2. The number of carbonyl (C=O) groups excluding carboxylic acids is 2. The summed E-state index contributed by atoms with van der Waals surface area (Å²) >= 11 is 0.983. The molecule has 0 aliphatic rings. The minimum absolute atomic E-state index is 0.0929. The molecule has 2 aromatic rings. The van der Waals surface area contributed by atoms with Crippen molar-refractivity contribution in [2.45, 2.75) is 25.7 Å². The van der Waals surface area contributed by atoms with Crippen LogP contribution in [0, 0.1) is 6.92 Å². The highest BCUT2D eigenvalue weighted by Gasteiger charge is 2.16. The molecule has 0 aromatic heterocycles. The molecule has 0 heterocycles. The van der Waals surface area contributed by atoms with Crippen molar-refractivity contribution in [1.82, 2.24) is 0 Å². The molecule has 0 N–H and O–H groups in total. The van der Waals surface area contributed by atoms with Crippen LogP contribution < -0.4 is 4.31 Å². The third-order valence-corrected chi connectivity index (χ3v) is 5.88. The highest BCUT2D eigenvalue weighted by Crippen LogP contribution is 2.22. The quantitative estimate of drug-likeness (QED) is 0.686. The molecular formula is C19H21NO3S2. The van der Waals surface area contributed by atoms with Gasteiger partial charge in [-0.2, -0.15) is 0 Å². The van der Waals surface area contributed by atoms with Gasteiger partial charge >= 0.3 is 0 Å². The third-order valence-electron chi connectivity index (χ3n) is 3.54. The number of Topliss-reactive ketones (excluding diaryl/α,β-unsaturated/α-hetero) is 1. The van der Waals surface area contributed by atoms with Crippen molar-refractivity contribution in [2.24, 2.45) is 0 Å². The van der Waals surface area contributed by atoms with Gasteiger partial charge in [-0.25, -0.2) is 4.21 Å². The van der Waals surface area contributed by atoms with Crippen molar-refractivity contribution in [3.63, 3.8) is 0 Å². The molecule has 2 rings (SSSR count). The second-order valence-electron chi connectivity index (χ2n) is 5.51. The highest BCUT2D eigenvalue weighted by molar-refractivity contribution is 8.14. The first-order valence-corrected chi connectivity index (χ1v) is 10.0. The monoisotopic (exact) mass is 375 g/mol. The van der Waals surface area contributed by atoms with Crippen molar-refractivity contribution in [3.8, 4) is 0 Å². The molecule has 0 fully saturated rings. The van der Waals surface area contributed by atoms with Gasteiger partial charge in [-0.3, -0.25) is 13.9 Å². The van der Waals surface area contributed by atoms with Crippen LogP contribution in [-0.4, -0.2) is 27.4 Å². The zero-order valence-electron chi connectivity index (χ0n) is 14.5. The lowest BCUT2D eigenvalue weighted by molar-refractivity contribution is -0.109. The summed E-state index contributed by atoms with van der Waals surface area (Å²) in [5, 5.41) is -0.0929. The van der Waals surface area contributed by atoms with Crippen LogP contribution in [-0.2, 0) is 15.8 Å². The molecule has 1 unspecified atom stereocenters. The van der Waals surface area contributed by atoms with Gasteiger partial charge < -0.3 is 0 Å². The van der Waals surface area contributed by atoms with Crippen LogP contribution in [0.1, 0.15) is 29.8 Å². The summed E-state index contributed by atoms with van der Waals surface area (Å²) in [4.78, 5) is 23.8. The SMILES string of the molecule is CCN(c1cccc(C)c1)S(=O)c1cccc(C(=O)CSC(C)=O)c1. The van der Waals surface area contributed by atoms with Crippen LogP contribution in [0.4, 0.5) is 5.69 Å². The third kappa shape index (κ3) is 5.28. The molecule has 2 aromatic carbocycles. The number of carbonyl (C=O) groups is 2. The summed E-state index contributed by atoms with van der Waals surface area (Å²) in [6.45, 7) is 5.95. The van der Waals surface area contributed by atoms with Crippen molar-refractivity contribution in [2.75, 3.05) is 16.6 Å². The van der Waals surface area contributed by atoms with Gasteiger partial charge in [0.05, 0.1) is 10.6 Å². The van der Waals surface area contributed by atoms with E-state index in [4.69, 9.17) is 0 Å². The first-order valence-electron chi connectivity index (χ1n) is 7.95. The Morgan fingerprint density at radius 3 is 2.48 bits per heavy atom. The van der Waals surface area contributed by atoms with Gasteiger partial charge in [0, 0.05) is 24.7 Å². The molecule has 4 nitrogen and oxygen atoms in total. The smallest absolute Gasteiger partial charge is 0.186 e. The molecule has 25 heavy (non-hydrogen) atoms. The van der Waals surface area contributed by atoms with E-state index in [1.807, 2.05) is 38.1 Å². The van der Waals surface area contributed by atoms with Gasteiger partial charge in [0.15, 0.2) is 21.9 Å². The van der Waals surface area contributed by atoms with Crippen molar-refractivity contribution >= 4 is 39.3 Å². The van der Waals surface area contributed by atoms with E-state index in [9.17, 15) is 13.8 Å². The van der Waals surface area contributed by atoms with E-state index in [1.54, 1.807) is 28.6 Å². The van der Waals surface area contributed by atoms with E-state index >= 15 is 0 Å². The summed E-state index contributed by atoms with van der Waals surface area (Å²) in [5.41, 5.74) is 2.45. The molecule has 0 saturated carbocycles. The number of aryl methyl sites for hydroxylation is 1. The molecule has 6 heteroatoms. The maximum absolute atomic E-state index is 13.0. The molecule has 0 bridgehead atoms. The second-order valence-corrected chi connectivity index (χ2v) is 8.08. The highest BCUT2D eigenvalue weighted by atomic mass is 32.2. The normalized spacial score (nSPS) is 11.8. The fraction of sp³-hybridized carbons (Fsp3) is 0.263. The molecule has 132 valence electrons. The predicted molar refractivity (Wildman–Crippen MR) is 105 cm³/mol. The van der Waals surface area contributed by atoms with Crippen LogP contribution >= 0.6 is 11.8 Å². The average molecular weight is 376 g/mol. The van der Waals surface area contributed by atoms with E-state index < -0.39 is 11.0 Å². The minimum atomic E-state index is -1.41. The summed E-state index contributed by atoms with van der Waals surface area (Å²) in [6, 6.07) is 14.7. The predicted octanol–water partition coefficient (Wildman–Crippen LogP) is 4.01. The number of anilines is 1. The Hall–Kier alpha value is -1.92. The fourth-order valence-corrected chi connectivity index (χ4v) is 4.05. The molecular weight excluding hydrogens is 354 g/mol. The molecule has 0 aliphatic heterocycles. The first kappa shape index (κ1) is 19.4. The zero-order chi connectivity index (χ0) is 18.4. The number of hydrogen-bond donors (Lipinski definition) is 0. The molecule has 1 atom stereocenters. The first-order chi connectivity index (χ1) is 11.9. The van der Waals surface area contributed by atoms with Gasteiger partial charge in [0.1, 0.15) is 0 Å². The van der Waals surface area contributed by atoms with E-state index in [1.165, 1.54) is 6.92 Å². The summed E-state index contributed by atoms with van der Waals surface area (Å²) < 4.78 is 14.8. The van der Waals surface area contributed by atoms with Gasteiger partial charge in [0.2, 0.25) is 0 Å². The molecule has 0 amide bonds. The van der Waals surface area contributed by atoms with E-state index in [0.717, 1.165) is 23.0 Å². The van der Waals surface area contributed by atoms with Crippen LogP contribution in [0.3, 0.4) is 0 Å². The average Bonchev–Trinajstić information content (AvgIpc) is 2.60. The van der Waals surface area contributed by atoms with Gasteiger partial charge in [-0.05, 0) is 43.7 Å². The van der Waals surface area contributed by atoms with Crippen LogP contribution in [0.2, 0.25) is 0 Å².